The van der Waals surface area contributed by atoms with E-state index in [2.05, 4.69) is 15.9 Å². The number of rotatable bonds is 4. The summed E-state index contributed by atoms with van der Waals surface area (Å²) in [6.07, 6.45) is 3.85. The van der Waals surface area contributed by atoms with Crippen LogP contribution in [0.3, 0.4) is 0 Å². The Balaban J connectivity index is 1.84. The van der Waals surface area contributed by atoms with Gasteiger partial charge in [-0.1, -0.05) is 70.5 Å². The summed E-state index contributed by atoms with van der Waals surface area (Å²) < 4.78 is 6.51. The highest BCUT2D eigenvalue weighted by atomic mass is 79.9. The van der Waals surface area contributed by atoms with Crippen LogP contribution in [-0.2, 0) is 4.79 Å². The second-order valence-electron chi connectivity index (χ2n) is 6.36. The summed E-state index contributed by atoms with van der Waals surface area (Å²) in [7, 11) is 1.61. The van der Waals surface area contributed by atoms with Crippen LogP contribution in [0.5, 0.6) is 5.75 Å². The van der Waals surface area contributed by atoms with Crippen LogP contribution in [0, 0.1) is 0 Å². The molecule has 0 N–H and O–H groups in total. The van der Waals surface area contributed by atoms with Crippen molar-refractivity contribution in [3.05, 3.63) is 106 Å². The van der Waals surface area contributed by atoms with Gasteiger partial charge in [0.15, 0.2) is 0 Å². The Morgan fingerprint density at radius 2 is 1.57 bits per heavy atom. The van der Waals surface area contributed by atoms with Crippen molar-refractivity contribution in [2.24, 2.45) is 0 Å². The Morgan fingerprint density at radius 1 is 0.893 bits per heavy atom. The summed E-state index contributed by atoms with van der Waals surface area (Å²) in [5.74, 6) is 0.578. The largest absolute Gasteiger partial charge is 0.495 e. The van der Waals surface area contributed by atoms with E-state index in [4.69, 9.17) is 4.74 Å². The van der Waals surface area contributed by atoms with Crippen LogP contribution >= 0.6 is 15.9 Å². The molecule has 0 radical (unpaired) electrons. The first kappa shape index (κ1) is 18.3. The lowest BCUT2D eigenvalue weighted by Crippen LogP contribution is -2.25. The number of amides is 1. The molecule has 28 heavy (non-hydrogen) atoms. The zero-order valence-electron chi connectivity index (χ0n) is 15.3. The summed E-state index contributed by atoms with van der Waals surface area (Å²) in [6.45, 7) is 0. The van der Waals surface area contributed by atoms with Crippen LogP contribution in [0.1, 0.15) is 11.1 Å². The van der Waals surface area contributed by atoms with Crippen molar-refractivity contribution < 1.29 is 9.53 Å². The number of benzene rings is 3. The third kappa shape index (κ3) is 3.51. The predicted octanol–water partition coefficient (Wildman–Crippen LogP) is 5.93. The molecule has 4 heteroatoms. The Bertz CT molecular complexity index is 1070. The number of ether oxygens (including phenoxy) is 1. The summed E-state index contributed by atoms with van der Waals surface area (Å²) in [5, 5.41) is 0. The molecular weight excluding hydrogens is 414 g/mol. The van der Waals surface area contributed by atoms with E-state index in [1.807, 2.05) is 91.0 Å². The number of carbonyl (C=O) groups excluding carboxylic acids is 1. The second kappa shape index (κ2) is 7.87. The van der Waals surface area contributed by atoms with E-state index >= 15 is 0 Å². The number of methoxy groups -OCH3 is 1. The van der Waals surface area contributed by atoms with Gasteiger partial charge in [-0.3, -0.25) is 9.69 Å². The van der Waals surface area contributed by atoms with Gasteiger partial charge in [-0.25, -0.2) is 0 Å². The summed E-state index contributed by atoms with van der Waals surface area (Å²) >= 11 is 3.44. The van der Waals surface area contributed by atoms with Crippen LogP contribution < -0.4 is 9.64 Å². The van der Waals surface area contributed by atoms with Gasteiger partial charge in [0.2, 0.25) is 0 Å². The fourth-order valence-electron chi connectivity index (χ4n) is 3.23. The smallest absolute Gasteiger partial charge is 0.263 e. The highest BCUT2D eigenvalue weighted by Gasteiger charge is 2.32. The third-order valence-corrected chi connectivity index (χ3v) is 5.10. The second-order valence-corrected chi connectivity index (χ2v) is 7.27. The fraction of sp³-hybridized carbons (Fsp3) is 0.0417. The lowest BCUT2D eigenvalue weighted by Gasteiger charge is -2.22. The van der Waals surface area contributed by atoms with E-state index in [1.165, 1.54) is 0 Å². The lowest BCUT2D eigenvalue weighted by atomic mass is 10.1. The zero-order chi connectivity index (χ0) is 19.5. The average molecular weight is 432 g/mol. The Labute approximate surface area is 172 Å². The van der Waals surface area contributed by atoms with E-state index in [0.29, 0.717) is 11.3 Å². The summed E-state index contributed by atoms with van der Waals surface area (Å²) in [5.41, 5.74) is 4.13. The van der Waals surface area contributed by atoms with E-state index in [0.717, 1.165) is 27.0 Å². The number of anilines is 1. The molecule has 1 aliphatic heterocycles. The zero-order valence-corrected chi connectivity index (χ0v) is 16.9. The Morgan fingerprint density at radius 3 is 2.29 bits per heavy atom. The minimum atomic E-state index is -0.0775. The van der Waals surface area contributed by atoms with E-state index < -0.39 is 0 Å². The van der Waals surface area contributed by atoms with Crippen LogP contribution in [-0.4, -0.2) is 13.0 Å². The van der Waals surface area contributed by atoms with Crippen LogP contribution in [0.15, 0.2) is 95.0 Å². The van der Waals surface area contributed by atoms with Gasteiger partial charge in [-0.05, 0) is 47.5 Å². The molecule has 1 amide bonds. The van der Waals surface area contributed by atoms with Gasteiger partial charge in [0, 0.05) is 10.0 Å². The van der Waals surface area contributed by atoms with Crippen LogP contribution in [0.2, 0.25) is 0 Å². The van der Waals surface area contributed by atoms with Crippen molar-refractivity contribution in [1.82, 2.24) is 0 Å². The van der Waals surface area contributed by atoms with Gasteiger partial charge in [0.05, 0.1) is 18.5 Å². The number of halogens is 1. The first-order valence-electron chi connectivity index (χ1n) is 8.89. The fourth-order valence-corrected chi connectivity index (χ4v) is 3.49. The SMILES string of the molecule is COc1ccccc1N1C(=O)/C(=C/c2ccc(Br)cc2)C=C1c1ccccc1. The van der Waals surface area contributed by atoms with Gasteiger partial charge in [0.1, 0.15) is 5.75 Å². The van der Waals surface area contributed by atoms with Gasteiger partial charge >= 0.3 is 0 Å². The molecule has 0 unspecified atom stereocenters. The summed E-state index contributed by atoms with van der Waals surface area (Å²) in [6, 6.07) is 25.4. The number of carbonyl (C=O) groups is 1. The Hall–Kier alpha value is -3.11. The van der Waals surface area contributed by atoms with Gasteiger partial charge in [0.25, 0.3) is 5.91 Å². The molecule has 0 aliphatic carbocycles. The van der Waals surface area contributed by atoms with Crippen molar-refractivity contribution >= 4 is 39.3 Å². The highest BCUT2D eigenvalue weighted by Crippen LogP contribution is 2.39. The molecule has 1 aliphatic rings. The quantitative estimate of drug-likeness (QED) is 0.479. The van der Waals surface area contributed by atoms with Crippen LogP contribution in [0.25, 0.3) is 11.8 Å². The minimum absolute atomic E-state index is 0.0775. The maximum Gasteiger partial charge on any atom is 0.263 e. The van der Waals surface area contributed by atoms with E-state index in [1.54, 1.807) is 12.0 Å². The maximum absolute atomic E-state index is 13.4. The predicted molar refractivity (Wildman–Crippen MR) is 117 cm³/mol. The molecule has 0 aromatic heterocycles. The average Bonchev–Trinajstić information content (AvgIpc) is 3.06. The van der Waals surface area contributed by atoms with Crippen molar-refractivity contribution in [2.75, 3.05) is 12.0 Å². The molecule has 3 aromatic carbocycles. The maximum atomic E-state index is 13.4. The van der Waals surface area contributed by atoms with E-state index in [-0.39, 0.29) is 5.91 Å². The Kier molecular flexibility index (Phi) is 5.13. The van der Waals surface area contributed by atoms with Crippen molar-refractivity contribution in [3.8, 4) is 5.75 Å². The molecule has 4 rings (SSSR count). The molecular formula is C24H18BrNO2. The van der Waals surface area contributed by atoms with Gasteiger partial charge < -0.3 is 4.74 Å². The lowest BCUT2D eigenvalue weighted by molar-refractivity contribution is -0.113. The van der Waals surface area contributed by atoms with Crippen LogP contribution in [0.4, 0.5) is 5.69 Å². The third-order valence-electron chi connectivity index (χ3n) is 4.57. The molecule has 3 nitrogen and oxygen atoms in total. The molecule has 0 fully saturated rings. The molecule has 1 heterocycles. The molecule has 0 spiro atoms. The normalized spacial score (nSPS) is 15.1. The molecule has 0 bridgehead atoms. The number of hydrogen-bond donors (Lipinski definition) is 0. The van der Waals surface area contributed by atoms with Crippen molar-refractivity contribution in [3.63, 3.8) is 0 Å². The highest BCUT2D eigenvalue weighted by molar-refractivity contribution is 9.10. The number of para-hydroxylation sites is 2. The minimum Gasteiger partial charge on any atom is -0.495 e. The number of nitrogens with zero attached hydrogens (tertiary/aromatic N) is 1. The van der Waals surface area contributed by atoms with Gasteiger partial charge in [-0.15, -0.1) is 0 Å². The van der Waals surface area contributed by atoms with Gasteiger partial charge in [-0.2, -0.15) is 0 Å². The first-order valence-corrected chi connectivity index (χ1v) is 9.68. The van der Waals surface area contributed by atoms with Crippen molar-refractivity contribution in [2.45, 2.75) is 0 Å². The molecule has 3 aromatic rings. The standard InChI is InChI=1S/C24H18BrNO2/c1-28-23-10-6-5-9-21(23)26-22(18-7-3-2-4-8-18)16-19(24(26)27)15-17-11-13-20(25)14-12-17/h2-16H,1H3/b19-15+. The topological polar surface area (TPSA) is 29.5 Å². The monoisotopic (exact) mass is 431 g/mol. The molecule has 0 atom stereocenters. The summed E-state index contributed by atoms with van der Waals surface area (Å²) in [4.78, 5) is 15.1. The van der Waals surface area contributed by atoms with Crippen molar-refractivity contribution in [1.29, 1.82) is 0 Å². The molecule has 0 saturated heterocycles. The molecule has 0 saturated carbocycles. The number of hydrogen-bond acceptors (Lipinski definition) is 2. The molecule has 138 valence electrons. The first-order chi connectivity index (χ1) is 13.7. The van der Waals surface area contributed by atoms with E-state index in [9.17, 15) is 4.79 Å².